The first-order valence-corrected chi connectivity index (χ1v) is 12.8. The number of aryl methyl sites for hydroxylation is 2. The molecule has 0 saturated carbocycles. The highest BCUT2D eigenvalue weighted by Crippen LogP contribution is 2.24. The standard InChI is InChI=1S/C30H36N2O4/c1-3-5-7-10-21-14-16-27(33)25(18-21)29(35)31-23-12-9-13-24(20-23)32-30(36)26-19-22(11-8-6-4-2)15-17-28(26)34/h9,12-20,33-34H,3-8,10-11H2,1-2H3,(H,31,35)(H,32,36). The van der Waals surface area contributed by atoms with Crippen LogP contribution in [0.3, 0.4) is 0 Å². The maximum Gasteiger partial charge on any atom is 0.259 e. The molecule has 0 atom stereocenters. The maximum absolute atomic E-state index is 12.9. The molecule has 0 aliphatic heterocycles. The van der Waals surface area contributed by atoms with Crippen molar-refractivity contribution in [2.45, 2.75) is 65.2 Å². The summed E-state index contributed by atoms with van der Waals surface area (Å²) in [5.41, 5.74) is 3.39. The van der Waals surface area contributed by atoms with Crippen LogP contribution in [-0.2, 0) is 12.8 Å². The largest absolute Gasteiger partial charge is 0.507 e. The molecule has 190 valence electrons. The lowest BCUT2D eigenvalue weighted by Gasteiger charge is -2.12. The number of unbranched alkanes of at least 4 members (excludes halogenated alkanes) is 4. The van der Waals surface area contributed by atoms with Gasteiger partial charge in [0.15, 0.2) is 0 Å². The van der Waals surface area contributed by atoms with Crippen LogP contribution in [0.2, 0.25) is 0 Å². The minimum absolute atomic E-state index is 0.0782. The van der Waals surface area contributed by atoms with E-state index in [1.54, 1.807) is 48.5 Å². The number of hydrogen-bond donors (Lipinski definition) is 4. The van der Waals surface area contributed by atoms with Crippen LogP contribution in [0.25, 0.3) is 0 Å². The van der Waals surface area contributed by atoms with Crippen LogP contribution >= 0.6 is 0 Å². The molecule has 0 bridgehead atoms. The Hall–Kier alpha value is -3.80. The normalized spacial score (nSPS) is 10.7. The molecule has 0 unspecified atom stereocenters. The van der Waals surface area contributed by atoms with Gasteiger partial charge in [-0.2, -0.15) is 0 Å². The zero-order chi connectivity index (χ0) is 25.9. The number of phenolic OH excluding ortho intramolecular Hbond substituents is 2. The van der Waals surface area contributed by atoms with Gasteiger partial charge in [-0.25, -0.2) is 0 Å². The molecule has 3 aromatic rings. The van der Waals surface area contributed by atoms with Gasteiger partial charge in [-0.1, -0.05) is 57.7 Å². The van der Waals surface area contributed by atoms with Gasteiger partial charge in [-0.05, 0) is 79.3 Å². The molecule has 0 heterocycles. The number of anilines is 2. The summed E-state index contributed by atoms with van der Waals surface area (Å²) in [5, 5.41) is 26.1. The summed E-state index contributed by atoms with van der Waals surface area (Å²) in [6.07, 6.45) is 8.21. The molecule has 0 aliphatic carbocycles. The van der Waals surface area contributed by atoms with Crippen molar-refractivity contribution in [2.75, 3.05) is 10.6 Å². The summed E-state index contributed by atoms with van der Waals surface area (Å²) in [6, 6.07) is 17.0. The molecule has 3 rings (SSSR count). The lowest BCUT2D eigenvalue weighted by Crippen LogP contribution is -2.14. The Labute approximate surface area is 213 Å². The summed E-state index contributed by atoms with van der Waals surface area (Å²) in [6.45, 7) is 4.28. The molecule has 0 spiro atoms. The Bertz CT molecular complexity index is 1100. The molecule has 0 saturated heterocycles. The van der Waals surface area contributed by atoms with Crippen molar-refractivity contribution in [3.8, 4) is 11.5 Å². The number of amides is 2. The Morgan fingerprint density at radius 1 is 0.639 bits per heavy atom. The van der Waals surface area contributed by atoms with Gasteiger partial charge in [-0.3, -0.25) is 9.59 Å². The zero-order valence-corrected chi connectivity index (χ0v) is 21.1. The van der Waals surface area contributed by atoms with E-state index in [9.17, 15) is 19.8 Å². The number of phenols is 2. The number of benzene rings is 3. The van der Waals surface area contributed by atoms with Crippen LogP contribution in [0.15, 0.2) is 60.7 Å². The van der Waals surface area contributed by atoms with Crippen LogP contribution < -0.4 is 10.6 Å². The fraction of sp³-hybridized carbons (Fsp3) is 0.333. The van der Waals surface area contributed by atoms with Gasteiger partial charge in [0.2, 0.25) is 0 Å². The van der Waals surface area contributed by atoms with Crippen LogP contribution in [-0.4, -0.2) is 22.0 Å². The number of hydrogen-bond acceptors (Lipinski definition) is 4. The molecule has 0 aliphatic rings. The van der Waals surface area contributed by atoms with Gasteiger partial charge in [-0.15, -0.1) is 0 Å². The topological polar surface area (TPSA) is 98.7 Å². The van der Waals surface area contributed by atoms with Gasteiger partial charge in [0.05, 0.1) is 11.1 Å². The molecular weight excluding hydrogens is 452 g/mol. The SMILES string of the molecule is CCCCCc1ccc(O)c(C(=O)Nc2cccc(NC(=O)c3cc(CCCCC)ccc3O)c2)c1. The molecule has 2 amide bonds. The quantitative estimate of drug-likeness (QED) is 0.205. The third kappa shape index (κ3) is 7.60. The van der Waals surface area contributed by atoms with E-state index in [1.165, 1.54) is 0 Å². The molecular formula is C30H36N2O4. The van der Waals surface area contributed by atoms with Crippen LogP contribution in [0, 0.1) is 0 Å². The summed E-state index contributed by atoms with van der Waals surface area (Å²) >= 11 is 0. The molecule has 6 heteroatoms. The Morgan fingerprint density at radius 3 is 1.50 bits per heavy atom. The van der Waals surface area contributed by atoms with E-state index >= 15 is 0 Å². The van der Waals surface area contributed by atoms with Crippen molar-refractivity contribution in [3.05, 3.63) is 82.9 Å². The average molecular weight is 489 g/mol. The van der Waals surface area contributed by atoms with Crippen molar-refractivity contribution < 1.29 is 19.8 Å². The van der Waals surface area contributed by atoms with Crippen molar-refractivity contribution in [1.29, 1.82) is 0 Å². The van der Waals surface area contributed by atoms with Crippen LogP contribution in [0.1, 0.15) is 84.2 Å². The van der Waals surface area contributed by atoms with Crippen molar-refractivity contribution >= 4 is 23.2 Å². The molecule has 4 N–H and O–H groups in total. The highest BCUT2D eigenvalue weighted by molar-refractivity contribution is 6.08. The number of carbonyl (C=O) groups excluding carboxylic acids is 2. The number of carbonyl (C=O) groups is 2. The van der Waals surface area contributed by atoms with E-state index in [-0.39, 0.29) is 22.6 Å². The van der Waals surface area contributed by atoms with Crippen LogP contribution in [0.4, 0.5) is 11.4 Å². The second-order valence-electron chi connectivity index (χ2n) is 9.11. The third-order valence-electron chi connectivity index (χ3n) is 6.13. The van der Waals surface area contributed by atoms with E-state index in [2.05, 4.69) is 24.5 Å². The molecule has 3 aromatic carbocycles. The molecule has 0 aromatic heterocycles. The fourth-order valence-corrected chi connectivity index (χ4v) is 4.07. The van der Waals surface area contributed by atoms with Gasteiger partial charge in [0.1, 0.15) is 11.5 Å². The monoisotopic (exact) mass is 488 g/mol. The zero-order valence-electron chi connectivity index (χ0n) is 21.1. The molecule has 0 radical (unpaired) electrons. The van der Waals surface area contributed by atoms with E-state index in [0.29, 0.717) is 11.4 Å². The lowest BCUT2D eigenvalue weighted by molar-refractivity contribution is 0.101. The second kappa shape index (κ2) is 13.3. The van der Waals surface area contributed by atoms with Crippen molar-refractivity contribution in [1.82, 2.24) is 0 Å². The third-order valence-corrected chi connectivity index (χ3v) is 6.13. The van der Waals surface area contributed by atoms with Crippen LogP contribution in [0.5, 0.6) is 11.5 Å². The highest BCUT2D eigenvalue weighted by atomic mass is 16.3. The van der Waals surface area contributed by atoms with Crippen molar-refractivity contribution in [3.63, 3.8) is 0 Å². The predicted octanol–water partition coefficient (Wildman–Crippen LogP) is 7.07. The first-order valence-electron chi connectivity index (χ1n) is 12.8. The van der Waals surface area contributed by atoms with Gasteiger partial charge >= 0.3 is 0 Å². The van der Waals surface area contributed by atoms with E-state index in [4.69, 9.17) is 0 Å². The fourth-order valence-electron chi connectivity index (χ4n) is 4.07. The number of nitrogens with one attached hydrogen (secondary N) is 2. The van der Waals surface area contributed by atoms with Gasteiger partial charge in [0, 0.05) is 11.4 Å². The second-order valence-corrected chi connectivity index (χ2v) is 9.11. The Kier molecular flexibility index (Phi) is 9.92. The first kappa shape index (κ1) is 26.8. The minimum atomic E-state index is -0.425. The number of rotatable bonds is 12. The minimum Gasteiger partial charge on any atom is -0.507 e. The maximum atomic E-state index is 12.9. The summed E-state index contributed by atoms with van der Waals surface area (Å²) in [7, 11) is 0. The lowest BCUT2D eigenvalue weighted by atomic mass is 10.0. The molecule has 36 heavy (non-hydrogen) atoms. The highest BCUT2D eigenvalue weighted by Gasteiger charge is 2.15. The number of aromatic hydroxyl groups is 2. The van der Waals surface area contributed by atoms with Crippen molar-refractivity contribution in [2.24, 2.45) is 0 Å². The Morgan fingerprint density at radius 2 is 1.08 bits per heavy atom. The smallest absolute Gasteiger partial charge is 0.259 e. The summed E-state index contributed by atoms with van der Waals surface area (Å²) in [4.78, 5) is 25.7. The average Bonchev–Trinajstić information content (AvgIpc) is 2.86. The summed E-state index contributed by atoms with van der Waals surface area (Å²) < 4.78 is 0. The predicted molar refractivity (Wildman–Crippen MR) is 145 cm³/mol. The Balaban J connectivity index is 1.69. The van der Waals surface area contributed by atoms with E-state index in [1.807, 2.05) is 12.1 Å². The van der Waals surface area contributed by atoms with E-state index < -0.39 is 11.8 Å². The molecule has 6 nitrogen and oxygen atoms in total. The summed E-state index contributed by atoms with van der Waals surface area (Å²) in [5.74, 6) is -1.01. The van der Waals surface area contributed by atoms with E-state index in [0.717, 1.165) is 62.5 Å². The van der Waals surface area contributed by atoms with Gasteiger partial charge in [0.25, 0.3) is 11.8 Å². The molecule has 0 fully saturated rings. The van der Waals surface area contributed by atoms with Gasteiger partial charge < -0.3 is 20.8 Å². The first-order chi connectivity index (χ1) is 17.4.